The zero-order valence-electron chi connectivity index (χ0n) is 18.8. The molecule has 0 bridgehead atoms. The van der Waals surface area contributed by atoms with Crippen LogP contribution in [0.15, 0.2) is 23.0 Å². The molecule has 1 aliphatic carbocycles. The van der Waals surface area contributed by atoms with Crippen molar-refractivity contribution in [3.8, 4) is 0 Å². The Labute approximate surface area is 182 Å². The maximum atomic E-state index is 13.4. The molecule has 2 N–H and O–H groups in total. The van der Waals surface area contributed by atoms with Crippen LogP contribution in [0.3, 0.4) is 0 Å². The highest BCUT2D eigenvalue weighted by Crippen LogP contribution is 2.31. The first-order chi connectivity index (χ1) is 15.0. The quantitative estimate of drug-likeness (QED) is 0.679. The van der Waals surface area contributed by atoms with Gasteiger partial charge >= 0.3 is 0 Å². The van der Waals surface area contributed by atoms with Crippen molar-refractivity contribution in [1.82, 2.24) is 25.2 Å². The van der Waals surface area contributed by atoms with E-state index < -0.39 is 0 Å². The van der Waals surface area contributed by atoms with Crippen LogP contribution < -0.4 is 10.5 Å². The van der Waals surface area contributed by atoms with E-state index in [1.807, 2.05) is 4.68 Å². The van der Waals surface area contributed by atoms with Gasteiger partial charge in [0, 0.05) is 11.4 Å². The number of H-pyrrole nitrogens is 1. The molecule has 5 rings (SSSR count). The molecule has 7 heteroatoms. The molecule has 2 aliphatic rings. The standard InChI is InChI=1S/C24H32N6O/c1-15-7-6-10-29(14-15)22(23-26-27-28-30(23)19-8-4-5-9-19)20-13-18-11-16(2)17(3)12-21(18)25-24(20)31/h11-13,15,19,22H,4-10,14H2,1-3H3,(H,25,31)/p+1/t15-,22+/m0/s1. The molecule has 164 valence electrons. The van der Waals surface area contributed by atoms with Crippen LogP contribution in [0.25, 0.3) is 10.9 Å². The van der Waals surface area contributed by atoms with Gasteiger partial charge in [0.25, 0.3) is 5.56 Å². The molecule has 0 amide bonds. The van der Waals surface area contributed by atoms with E-state index in [9.17, 15) is 4.79 Å². The molecule has 3 heterocycles. The maximum Gasteiger partial charge on any atom is 0.258 e. The molecule has 1 aliphatic heterocycles. The fourth-order valence-electron chi connectivity index (χ4n) is 5.64. The minimum absolute atomic E-state index is 0.0209. The number of quaternary nitrogens is 1. The Kier molecular flexibility index (Phi) is 5.38. The number of tetrazole rings is 1. The van der Waals surface area contributed by atoms with Gasteiger partial charge in [-0.3, -0.25) is 4.79 Å². The predicted octanol–water partition coefficient (Wildman–Crippen LogP) is 2.65. The van der Waals surface area contributed by atoms with Crippen LogP contribution >= 0.6 is 0 Å². The number of piperidine rings is 1. The molecule has 3 atom stereocenters. The summed E-state index contributed by atoms with van der Waals surface area (Å²) in [6.07, 6.45) is 7.08. The van der Waals surface area contributed by atoms with Gasteiger partial charge in [-0.05, 0) is 84.7 Å². The fraction of sp³-hybridized carbons (Fsp3) is 0.583. The lowest BCUT2D eigenvalue weighted by atomic mass is 9.95. The summed E-state index contributed by atoms with van der Waals surface area (Å²) in [6, 6.07) is 6.54. The number of aromatic nitrogens is 5. The van der Waals surface area contributed by atoms with Gasteiger partial charge in [-0.15, -0.1) is 5.10 Å². The number of aryl methyl sites for hydroxylation is 2. The van der Waals surface area contributed by atoms with E-state index in [0.717, 1.165) is 48.2 Å². The SMILES string of the molecule is Cc1cc2cc([C@H](c3nnnn3C3CCCC3)[NH+]3CCC[C@H](C)C3)c(=O)[nH]c2cc1C. The lowest BCUT2D eigenvalue weighted by Crippen LogP contribution is -3.14. The highest BCUT2D eigenvalue weighted by Gasteiger charge is 2.38. The van der Waals surface area contributed by atoms with Crippen LogP contribution in [-0.2, 0) is 0 Å². The van der Waals surface area contributed by atoms with E-state index in [2.05, 4.69) is 59.5 Å². The molecule has 2 fully saturated rings. The third kappa shape index (κ3) is 3.80. The average molecular weight is 422 g/mol. The van der Waals surface area contributed by atoms with E-state index in [1.165, 1.54) is 41.7 Å². The summed E-state index contributed by atoms with van der Waals surface area (Å²) in [5, 5.41) is 14.1. The van der Waals surface area contributed by atoms with E-state index in [4.69, 9.17) is 0 Å². The minimum atomic E-state index is -0.145. The lowest BCUT2D eigenvalue weighted by Gasteiger charge is -2.33. The molecule has 2 aromatic heterocycles. The summed E-state index contributed by atoms with van der Waals surface area (Å²) in [5.74, 6) is 1.48. The monoisotopic (exact) mass is 421 g/mol. The molecule has 1 aromatic carbocycles. The smallest absolute Gasteiger partial charge is 0.258 e. The number of hydrogen-bond acceptors (Lipinski definition) is 4. The van der Waals surface area contributed by atoms with Gasteiger partial charge < -0.3 is 9.88 Å². The number of aromatic amines is 1. The van der Waals surface area contributed by atoms with Crippen molar-refractivity contribution in [3.63, 3.8) is 0 Å². The Bertz CT molecular complexity index is 1140. The molecule has 0 spiro atoms. The summed E-state index contributed by atoms with van der Waals surface area (Å²) in [5.41, 5.74) is 4.08. The Balaban J connectivity index is 1.66. The number of nitrogens with zero attached hydrogens (tertiary/aromatic N) is 4. The van der Waals surface area contributed by atoms with Crippen LogP contribution in [0, 0.1) is 19.8 Å². The number of rotatable bonds is 4. The molecule has 0 radical (unpaired) electrons. The van der Waals surface area contributed by atoms with Gasteiger partial charge in [0.05, 0.1) is 24.7 Å². The van der Waals surface area contributed by atoms with Crippen molar-refractivity contribution < 1.29 is 4.90 Å². The summed E-state index contributed by atoms with van der Waals surface area (Å²) in [4.78, 5) is 17.9. The highest BCUT2D eigenvalue weighted by atomic mass is 16.1. The van der Waals surface area contributed by atoms with Crippen LogP contribution in [-0.4, -0.2) is 38.3 Å². The predicted molar refractivity (Wildman–Crippen MR) is 120 cm³/mol. The summed E-state index contributed by atoms with van der Waals surface area (Å²) < 4.78 is 2.04. The molecule has 1 saturated heterocycles. The molecule has 3 aromatic rings. The lowest BCUT2D eigenvalue weighted by molar-refractivity contribution is -0.934. The Morgan fingerprint density at radius 1 is 1.10 bits per heavy atom. The Morgan fingerprint density at radius 2 is 1.87 bits per heavy atom. The second kappa shape index (κ2) is 8.19. The van der Waals surface area contributed by atoms with Gasteiger partial charge in [0.1, 0.15) is 0 Å². The van der Waals surface area contributed by atoms with Gasteiger partial charge in [0.2, 0.25) is 5.82 Å². The summed E-state index contributed by atoms with van der Waals surface area (Å²) >= 11 is 0. The first kappa shape index (κ1) is 20.4. The van der Waals surface area contributed by atoms with E-state index in [0.29, 0.717) is 12.0 Å². The van der Waals surface area contributed by atoms with Gasteiger partial charge in [0.15, 0.2) is 6.04 Å². The number of likely N-dealkylation sites (tertiary alicyclic amines) is 1. The van der Waals surface area contributed by atoms with Crippen LogP contribution in [0.5, 0.6) is 0 Å². The van der Waals surface area contributed by atoms with Crippen LogP contribution in [0.2, 0.25) is 0 Å². The van der Waals surface area contributed by atoms with Gasteiger partial charge in [-0.2, -0.15) is 0 Å². The minimum Gasteiger partial charge on any atom is -0.322 e. The normalized spacial score (nSPS) is 23.5. The van der Waals surface area contributed by atoms with E-state index in [1.54, 1.807) is 0 Å². The molecular formula is C24H33N6O+. The summed E-state index contributed by atoms with van der Waals surface area (Å²) in [6.45, 7) is 8.59. The average Bonchev–Trinajstić information content (AvgIpc) is 3.42. The zero-order valence-corrected chi connectivity index (χ0v) is 18.8. The topological polar surface area (TPSA) is 80.9 Å². The number of fused-ring (bicyclic) bond motifs is 1. The third-order valence-electron chi connectivity index (χ3n) is 7.46. The molecule has 1 unspecified atom stereocenters. The number of nitrogens with one attached hydrogen (secondary N) is 2. The van der Waals surface area contributed by atoms with E-state index >= 15 is 0 Å². The molecular weight excluding hydrogens is 388 g/mol. The third-order valence-corrected chi connectivity index (χ3v) is 7.46. The van der Waals surface area contributed by atoms with Crippen LogP contribution in [0.1, 0.15) is 80.0 Å². The second-order valence-electron chi connectivity index (χ2n) is 9.79. The number of hydrogen-bond donors (Lipinski definition) is 2. The summed E-state index contributed by atoms with van der Waals surface area (Å²) in [7, 11) is 0. The molecule has 1 saturated carbocycles. The maximum absolute atomic E-state index is 13.4. The Hall–Kier alpha value is -2.54. The van der Waals surface area contributed by atoms with E-state index in [-0.39, 0.29) is 11.6 Å². The van der Waals surface area contributed by atoms with Crippen molar-refractivity contribution >= 4 is 10.9 Å². The zero-order chi connectivity index (χ0) is 21.5. The second-order valence-corrected chi connectivity index (χ2v) is 9.79. The highest BCUT2D eigenvalue weighted by molar-refractivity contribution is 5.80. The number of benzene rings is 1. The molecule has 31 heavy (non-hydrogen) atoms. The molecule has 7 nitrogen and oxygen atoms in total. The van der Waals surface area contributed by atoms with Crippen molar-refractivity contribution in [2.45, 2.75) is 71.4 Å². The Morgan fingerprint density at radius 3 is 2.65 bits per heavy atom. The van der Waals surface area contributed by atoms with Crippen molar-refractivity contribution in [1.29, 1.82) is 0 Å². The first-order valence-corrected chi connectivity index (χ1v) is 11.8. The van der Waals surface area contributed by atoms with Gasteiger partial charge in [-0.25, -0.2) is 4.68 Å². The largest absolute Gasteiger partial charge is 0.322 e. The number of pyridine rings is 1. The fourth-order valence-corrected chi connectivity index (χ4v) is 5.64. The van der Waals surface area contributed by atoms with Gasteiger partial charge in [-0.1, -0.05) is 19.8 Å². The first-order valence-electron chi connectivity index (χ1n) is 11.8. The van der Waals surface area contributed by atoms with Crippen molar-refractivity contribution in [2.75, 3.05) is 13.1 Å². The van der Waals surface area contributed by atoms with Crippen LogP contribution in [0.4, 0.5) is 0 Å². The van der Waals surface area contributed by atoms with Crippen molar-refractivity contribution in [3.05, 3.63) is 51.1 Å². The van der Waals surface area contributed by atoms with Crippen molar-refractivity contribution in [2.24, 2.45) is 5.92 Å².